The van der Waals surface area contributed by atoms with Crippen LogP contribution in [0.1, 0.15) is 12.5 Å². The van der Waals surface area contributed by atoms with Gasteiger partial charge in [0.1, 0.15) is 5.75 Å². The van der Waals surface area contributed by atoms with Gasteiger partial charge in [-0.05, 0) is 43.3 Å². The van der Waals surface area contributed by atoms with Crippen LogP contribution in [0.2, 0.25) is 0 Å². The number of aromatic nitrogens is 2. The van der Waals surface area contributed by atoms with Crippen LogP contribution in [0.4, 0.5) is 18.9 Å². The maximum atomic E-state index is 13.0. The Bertz CT molecular complexity index is 1240. The second-order valence-electron chi connectivity index (χ2n) is 6.30. The number of alkyl halides is 3. The summed E-state index contributed by atoms with van der Waals surface area (Å²) in [6, 6.07) is 6.58. The van der Waals surface area contributed by atoms with E-state index in [4.69, 9.17) is 4.74 Å². The van der Waals surface area contributed by atoms with Gasteiger partial charge >= 0.3 is 11.9 Å². The zero-order chi connectivity index (χ0) is 21.6. The molecule has 0 radical (unpaired) electrons. The summed E-state index contributed by atoms with van der Waals surface area (Å²) >= 11 is 0. The van der Waals surface area contributed by atoms with Crippen LogP contribution >= 0.6 is 0 Å². The van der Waals surface area contributed by atoms with Crippen molar-refractivity contribution in [3.63, 3.8) is 0 Å². The molecule has 3 aromatic rings. The van der Waals surface area contributed by atoms with Gasteiger partial charge in [-0.2, -0.15) is 13.2 Å². The van der Waals surface area contributed by atoms with Crippen LogP contribution in [0.25, 0.3) is 11.0 Å². The number of benzene rings is 2. The highest BCUT2D eigenvalue weighted by molar-refractivity contribution is 7.92. The third-order valence-electron chi connectivity index (χ3n) is 4.40. The van der Waals surface area contributed by atoms with E-state index in [1.807, 2.05) is 0 Å². The molecule has 0 spiro atoms. The van der Waals surface area contributed by atoms with Crippen LogP contribution in [-0.4, -0.2) is 24.2 Å². The highest BCUT2D eigenvalue weighted by Gasteiger charge is 2.32. The molecule has 0 saturated heterocycles. The standard InChI is InChI=1S/C18H18F3N3O4S/c1-4-28-16-8-5-11(18(19,20)21)9-13(16)22-29(26,27)12-6-7-14-15(10-12)24(3)17(25)23(14)2/h5-10,22H,4H2,1-3H3. The number of sulfonamides is 1. The van der Waals surface area contributed by atoms with E-state index < -0.39 is 21.8 Å². The van der Waals surface area contributed by atoms with Crippen molar-refractivity contribution in [3.05, 3.63) is 52.4 Å². The lowest BCUT2D eigenvalue weighted by Gasteiger charge is -2.15. The number of hydrogen-bond acceptors (Lipinski definition) is 4. The van der Waals surface area contributed by atoms with Crippen molar-refractivity contribution in [1.29, 1.82) is 0 Å². The van der Waals surface area contributed by atoms with Gasteiger partial charge < -0.3 is 4.74 Å². The molecule has 0 aliphatic carbocycles. The van der Waals surface area contributed by atoms with Gasteiger partial charge in [-0.3, -0.25) is 13.9 Å². The zero-order valence-corrected chi connectivity index (χ0v) is 16.6. The fourth-order valence-electron chi connectivity index (χ4n) is 2.92. The summed E-state index contributed by atoms with van der Waals surface area (Å²) in [7, 11) is -1.21. The molecule has 1 N–H and O–H groups in total. The predicted octanol–water partition coefficient (Wildman–Crippen LogP) is 3.10. The number of nitrogens with zero attached hydrogens (tertiary/aromatic N) is 2. The highest BCUT2D eigenvalue weighted by atomic mass is 32.2. The number of aryl methyl sites for hydroxylation is 2. The molecule has 11 heteroatoms. The highest BCUT2D eigenvalue weighted by Crippen LogP contribution is 2.36. The molecule has 7 nitrogen and oxygen atoms in total. The molecule has 156 valence electrons. The molecule has 3 rings (SSSR count). The minimum atomic E-state index is -4.65. The van der Waals surface area contributed by atoms with Gasteiger partial charge in [-0.1, -0.05) is 0 Å². The Kier molecular flexibility index (Phi) is 5.11. The summed E-state index contributed by atoms with van der Waals surface area (Å²) in [5.41, 5.74) is -0.790. The Morgan fingerprint density at radius 2 is 1.69 bits per heavy atom. The van der Waals surface area contributed by atoms with Crippen LogP contribution in [0.3, 0.4) is 0 Å². The van der Waals surface area contributed by atoms with Crippen LogP contribution in [0, 0.1) is 0 Å². The zero-order valence-electron chi connectivity index (χ0n) is 15.7. The van der Waals surface area contributed by atoms with E-state index >= 15 is 0 Å². The molecule has 0 unspecified atom stereocenters. The number of ether oxygens (including phenoxy) is 1. The first-order valence-electron chi connectivity index (χ1n) is 8.48. The van der Waals surface area contributed by atoms with Crippen molar-refractivity contribution < 1.29 is 26.3 Å². The van der Waals surface area contributed by atoms with Crippen molar-refractivity contribution >= 4 is 26.7 Å². The van der Waals surface area contributed by atoms with Gasteiger partial charge in [0.25, 0.3) is 10.0 Å². The Labute approximate surface area is 164 Å². The molecule has 1 heterocycles. The molecule has 0 fully saturated rings. The lowest BCUT2D eigenvalue weighted by Crippen LogP contribution is -2.19. The Morgan fingerprint density at radius 1 is 1.03 bits per heavy atom. The van der Waals surface area contributed by atoms with Gasteiger partial charge in [0.2, 0.25) is 0 Å². The minimum absolute atomic E-state index is 0.0303. The number of rotatable bonds is 5. The normalized spacial score (nSPS) is 12.3. The third kappa shape index (κ3) is 3.82. The molecule has 0 aliphatic heterocycles. The van der Waals surface area contributed by atoms with Gasteiger partial charge in [0, 0.05) is 14.1 Å². The lowest BCUT2D eigenvalue weighted by molar-refractivity contribution is -0.137. The molecule has 2 aromatic carbocycles. The van der Waals surface area contributed by atoms with Crippen molar-refractivity contribution in [2.24, 2.45) is 14.1 Å². The number of imidazole rings is 1. The molecular weight excluding hydrogens is 411 g/mol. The third-order valence-corrected chi connectivity index (χ3v) is 5.77. The monoisotopic (exact) mass is 429 g/mol. The summed E-state index contributed by atoms with van der Waals surface area (Å²) in [5.74, 6) is -0.0303. The topological polar surface area (TPSA) is 82.3 Å². The van der Waals surface area contributed by atoms with Crippen LogP contribution < -0.4 is 15.1 Å². The summed E-state index contributed by atoms with van der Waals surface area (Å²) in [5, 5.41) is 0. The number of anilines is 1. The van der Waals surface area contributed by atoms with Crippen molar-refractivity contribution in [2.45, 2.75) is 18.0 Å². The van der Waals surface area contributed by atoms with Gasteiger partial charge in [-0.25, -0.2) is 13.2 Å². The van der Waals surface area contributed by atoms with E-state index in [0.717, 1.165) is 12.1 Å². The van der Waals surface area contributed by atoms with Crippen LogP contribution in [0.5, 0.6) is 5.75 Å². The summed E-state index contributed by atoms with van der Waals surface area (Å²) in [6.45, 7) is 1.76. The van der Waals surface area contributed by atoms with Gasteiger partial charge in [0.05, 0.1) is 33.8 Å². The number of halogens is 3. The van der Waals surface area contributed by atoms with E-state index in [0.29, 0.717) is 17.1 Å². The van der Waals surface area contributed by atoms with Gasteiger partial charge in [-0.15, -0.1) is 0 Å². The molecule has 0 atom stereocenters. The maximum absolute atomic E-state index is 13.0. The first kappa shape index (κ1) is 20.8. The van der Waals surface area contributed by atoms with E-state index in [9.17, 15) is 26.4 Å². The molecule has 1 aromatic heterocycles. The number of hydrogen-bond donors (Lipinski definition) is 1. The SMILES string of the molecule is CCOc1ccc(C(F)(F)F)cc1NS(=O)(=O)c1ccc2c(c1)n(C)c(=O)n2C. The Balaban J connectivity index is 2.08. The van der Waals surface area contributed by atoms with Crippen molar-refractivity contribution in [1.82, 2.24) is 9.13 Å². The number of nitrogens with one attached hydrogen (secondary N) is 1. The summed E-state index contributed by atoms with van der Waals surface area (Å²) < 4.78 is 74.8. The van der Waals surface area contributed by atoms with Crippen molar-refractivity contribution in [3.8, 4) is 5.75 Å². The Morgan fingerprint density at radius 3 is 2.31 bits per heavy atom. The quantitative estimate of drug-likeness (QED) is 0.676. The average molecular weight is 429 g/mol. The first-order chi connectivity index (χ1) is 13.5. The molecule has 0 amide bonds. The number of fused-ring (bicyclic) bond motifs is 1. The fraction of sp³-hybridized carbons (Fsp3) is 0.278. The minimum Gasteiger partial charge on any atom is -0.492 e. The second kappa shape index (κ2) is 7.14. The van der Waals surface area contributed by atoms with Crippen LogP contribution in [-0.2, 0) is 30.3 Å². The second-order valence-corrected chi connectivity index (χ2v) is 7.98. The molecular formula is C18H18F3N3O4S. The van der Waals surface area contributed by atoms with Crippen LogP contribution in [0.15, 0.2) is 46.1 Å². The summed E-state index contributed by atoms with van der Waals surface area (Å²) in [4.78, 5) is 11.8. The first-order valence-corrected chi connectivity index (χ1v) is 9.96. The molecule has 29 heavy (non-hydrogen) atoms. The maximum Gasteiger partial charge on any atom is 0.416 e. The lowest BCUT2D eigenvalue weighted by atomic mass is 10.2. The largest absolute Gasteiger partial charge is 0.492 e. The molecule has 0 aliphatic rings. The van der Waals surface area contributed by atoms with E-state index in [1.165, 1.54) is 34.4 Å². The van der Waals surface area contributed by atoms with Gasteiger partial charge in [0.15, 0.2) is 0 Å². The Hall–Kier alpha value is -2.95. The molecule has 0 bridgehead atoms. The van der Waals surface area contributed by atoms with E-state index in [1.54, 1.807) is 14.0 Å². The fourth-order valence-corrected chi connectivity index (χ4v) is 4.01. The van der Waals surface area contributed by atoms with E-state index in [2.05, 4.69) is 4.72 Å². The predicted molar refractivity (Wildman–Crippen MR) is 102 cm³/mol. The summed E-state index contributed by atoms with van der Waals surface area (Å²) in [6.07, 6.45) is -4.65. The van der Waals surface area contributed by atoms with Crippen molar-refractivity contribution in [2.75, 3.05) is 11.3 Å². The average Bonchev–Trinajstić information content (AvgIpc) is 2.86. The smallest absolute Gasteiger partial charge is 0.416 e. The van der Waals surface area contributed by atoms with E-state index in [-0.39, 0.29) is 28.6 Å². The molecule has 0 saturated carbocycles.